The van der Waals surface area contributed by atoms with Gasteiger partial charge in [0.2, 0.25) is 0 Å². The second-order valence-electron chi connectivity index (χ2n) is 3.65. The van der Waals surface area contributed by atoms with Crippen LogP contribution in [0.4, 0.5) is 5.00 Å². The fraction of sp³-hybridized carbons (Fsp3) is 0.182. The van der Waals surface area contributed by atoms with Crippen LogP contribution < -0.4 is 5.32 Å². The van der Waals surface area contributed by atoms with Crippen LogP contribution in [-0.2, 0) is 0 Å². The number of aromatic nitrogens is 1. The highest BCUT2D eigenvalue weighted by molar-refractivity contribution is 7.18. The molecule has 0 aliphatic rings. The number of thiophene rings is 1. The smallest absolute Gasteiger partial charge is 0.346 e. The quantitative estimate of drug-likeness (QED) is 0.907. The maximum absolute atomic E-state index is 11.9. The maximum Gasteiger partial charge on any atom is 0.346 e. The van der Waals surface area contributed by atoms with Crippen LogP contribution >= 0.6 is 22.7 Å². The van der Waals surface area contributed by atoms with E-state index in [0.717, 1.165) is 11.3 Å². The Morgan fingerprint density at radius 3 is 2.56 bits per heavy atom. The minimum absolute atomic E-state index is 0.242. The van der Waals surface area contributed by atoms with Crippen LogP contribution in [0.25, 0.3) is 0 Å². The summed E-state index contributed by atoms with van der Waals surface area (Å²) < 4.78 is 0. The predicted octanol–water partition coefficient (Wildman–Crippen LogP) is 2.77. The van der Waals surface area contributed by atoms with Crippen LogP contribution in [0.1, 0.15) is 30.6 Å². The number of hydrogen-bond acceptors (Lipinski definition) is 5. The molecule has 0 aliphatic carbocycles. The van der Waals surface area contributed by atoms with Gasteiger partial charge >= 0.3 is 5.97 Å². The van der Waals surface area contributed by atoms with Crippen LogP contribution in [0.5, 0.6) is 0 Å². The fourth-order valence-corrected chi connectivity index (χ4v) is 3.05. The largest absolute Gasteiger partial charge is 0.477 e. The Bertz CT molecular complexity index is 616. The average molecular weight is 282 g/mol. The van der Waals surface area contributed by atoms with Crippen molar-refractivity contribution in [3.63, 3.8) is 0 Å². The van der Waals surface area contributed by atoms with Gasteiger partial charge in [-0.15, -0.1) is 22.7 Å². The molecule has 0 radical (unpaired) electrons. The Kier molecular flexibility index (Phi) is 3.44. The van der Waals surface area contributed by atoms with E-state index in [1.807, 2.05) is 0 Å². The van der Waals surface area contributed by atoms with E-state index in [1.54, 1.807) is 25.4 Å². The molecule has 94 valence electrons. The summed E-state index contributed by atoms with van der Waals surface area (Å²) in [5, 5.41) is 12.1. The zero-order valence-corrected chi connectivity index (χ0v) is 11.3. The number of aromatic carboxylic acids is 1. The third-order valence-electron chi connectivity index (χ3n) is 2.30. The molecule has 2 aromatic heterocycles. The van der Waals surface area contributed by atoms with Crippen LogP contribution in [0.2, 0.25) is 0 Å². The molecule has 0 saturated heterocycles. The Morgan fingerprint density at radius 1 is 1.33 bits per heavy atom. The molecule has 0 aliphatic heterocycles. The standard InChI is InChI=1S/C11H10N2O3S2/c1-5-3-7(18-8(5)11(15)16)13-10(14)9-6(2)12-4-17-9/h3-4H,1-2H3,(H,13,14)(H,15,16). The van der Waals surface area contributed by atoms with Crippen LogP contribution in [0.3, 0.4) is 0 Å². The molecule has 0 aromatic carbocycles. The van der Waals surface area contributed by atoms with E-state index < -0.39 is 5.97 Å². The van der Waals surface area contributed by atoms with Gasteiger partial charge < -0.3 is 10.4 Å². The van der Waals surface area contributed by atoms with E-state index in [0.29, 0.717) is 21.1 Å². The molecule has 2 N–H and O–H groups in total. The van der Waals surface area contributed by atoms with Crippen molar-refractivity contribution in [1.29, 1.82) is 0 Å². The van der Waals surface area contributed by atoms with Crippen molar-refractivity contribution >= 4 is 39.6 Å². The number of carboxylic acids is 1. The molecule has 0 fully saturated rings. The Hall–Kier alpha value is -1.73. The van der Waals surface area contributed by atoms with Gasteiger partial charge in [0, 0.05) is 0 Å². The number of thiazole rings is 1. The van der Waals surface area contributed by atoms with Gasteiger partial charge in [-0.2, -0.15) is 0 Å². The maximum atomic E-state index is 11.9. The third kappa shape index (κ3) is 2.41. The number of carbonyl (C=O) groups excluding carboxylic acids is 1. The van der Waals surface area contributed by atoms with Gasteiger partial charge in [-0.05, 0) is 25.5 Å². The number of anilines is 1. The van der Waals surface area contributed by atoms with Crippen molar-refractivity contribution in [2.24, 2.45) is 0 Å². The van der Waals surface area contributed by atoms with Crippen LogP contribution in [0, 0.1) is 13.8 Å². The fourth-order valence-electron chi connectivity index (χ4n) is 1.44. The Balaban J connectivity index is 2.20. The first-order chi connectivity index (χ1) is 8.49. The van der Waals surface area contributed by atoms with Crippen molar-refractivity contribution in [3.05, 3.63) is 32.6 Å². The minimum Gasteiger partial charge on any atom is -0.477 e. The Labute approximate surface area is 111 Å². The second kappa shape index (κ2) is 4.87. The summed E-state index contributed by atoms with van der Waals surface area (Å²) >= 11 is 2.31. The highest BCUT2D eigenvalue weighted by Gasteiger charge is 2.16. The number of carbonyl (C=O) groups is 2. The monoisotopic (exact) mass is 282 g/mol. The molecular formula is C11H10N2O3S2. The van der Waals surface area contributed by atoms with Crippen LogP contribution in [0.15, 0.2) is 11.6 Å². The van der Waals surface area contributed by atoms with Crippen molar-refractivity contribution in [1.82, 2.24) is 4.98 Å². The summed E-state index contributed by atoms with van der Waals surface area (Å²) in [5.41, 5.74) is 2.92. The molecule has 2 rings (SSSR count). The average Bonchev–Trinajstić information content (AvgIpc) is 2.84. The number of amides is 1. The van der Waals surface area contributed by atoms with E-state index in [1.165, 1.54) is 11.3 Å². The van der Waals surface area contributed by atoms with Crippen molar-refractivity contribution in [3.8, 4) is 0 Å². The normalized spacial score (nSPS) is 10.3. The molecule has 0 bridgehead atoms. The summed E-state index contributed by atoms with van der Waals surface area (Å²) in [5.74, 6) is -1.24. The van der Waals surface area contributed by atoms with E-state index in [9.17, 15) is 9.59 Å². The number of nitrogens with zero attached hydrogens (tertiary/aromatic N) is 1. The van der Waals surface area contributed by atoms with E-state index in [4.69, 9.17) is 5.11 Å². The number of carboxylic acid groups (broad SMARTS) is 1. The zero-order valence-electron chi connectivity index (χ0n) is 9.68. The van der Waals surface area contributed by atoms with Crippen LogP contribution in [-0.4, -0.2) is 22.0 Å². The van der Waals surface area contributed by atoms with E-state index >= 15 is 0 Å². The zero-order chi connectivity index (χ0) is 13.3. The topological polar surface area (TPSA) is 79.3 Å². The van der Waals surface area contributed by atoms with Gasteiger partial charge in [0.05, 0.1) is 16.2 Å². The third-order valence-corrected chi connectivity index (χ3v) is 4.37. The lowest BCUT2D eigenvalue weighted by Gasteiger charge is -1.99. The molecule has 0 saturated carbocycles. The van der Waals surface area contributed by atoms with Gasteiger partial charge in [0.25, 0.3) is 5.91 Å². The lowest BCUT2D eigenvalue weighted by Crippen LogP contribution is -2.10. The van der Waals surface area contributed by atoms with Gasteiger partial charge in [0.1, 0.15) is 9.75 Å². The van der Waals surface area contributed by atoms with Crippen molar-refractivity contribution in [2.45, 2.75) is 13.8 Å². The Morgan fingerprint density at radius 2 is 2.06 bits per heavy atom. The molecule has 7 heteroatoms. The highest BCUT2D eigenvalue weighted by atomic mass is 32.1. The summed E-state index contributed by atoms with van der Waals surface area (Å²) in [4.78, 5) is 27.6. The lowest BCUT2D eigenvalue weighted by atomic mass is 10.3. The molecule has 5 nitrogen and oxygen atoms in total. The predicted molar refractivity (Wildman–Crippen MR) is 70.8 cm³/mol. The summed E-state index contributed by atoms with van der Waals surface area (Å²) in [7, 11) is 0. The highest BCUT2D eigenvalue weighted by Crippen LogP contribution is 2.27. The first-order valence-corrected chi connectivity index (χ1v) is 6.74. The summed E-state index contributed by atoms with van der Waals surface area (Å²) in [6.07, 6.45) is 0. The number of rotatable bonds is 3. The number of hydrogen-bond donors (Lipinski definition) is 2. The first kappa shape index (κ1) is 12.7. The van der Waals surface area contributed by atoms with Gasteiger partial charge in [-0.1, -0.05) is 0 Å². The minimum atomic E-state index is -0.980. The van der Waals surface area contributed by atoms with E-state index in [2.05, 4.69) is 10.3 Å². The molecule has 2 aromatic rings. The van der Waals surface area contributed by atoms with E-state index in [-0.39, 0.29) is 10.8 Å². The molecule has 0 unspecified atom stereocenters. The molecule has 0 spiro atoms. The lowest BCUT2D eigenvalue weighted by molar-refractivity contribution is 0.0701. The SMILES string of the molecule is Cc1cc(NC(=O)c2scnc2C)sc1C(=O)O. The molecular weight excluding hydrogens is 272 g/mol. The number of aryl methyl sites for hydroxylation is 2. The van der Waals surface area contributed by atoms with Gasteiger partial charge in [-0.25, -0.2) is 9.78 Å². The van der Waals surface area contributed by atoms with Crippen molar-refractivity contribution < 1.29 is 14.7 Å². The second-order valence-corrected chi connectivity index (χ2v) is 5.56. The molecule has 2 heterocycles. The summed E-state index contributed by atoms with van der Waals surface area (Å²) in [6, 6.07) is 1.66. The summed E-state index contributed by atoms with van der Waals surface area (Å²) in [6.45, 7) is 3.46. The molecule has 0 atom stereocenters. The molecule has 18 heavy (non-hydrogen) atoms. The molecule has 1 amide bonds. The first-order valence-electron chi connectivity index (χ1n) is 5.04. The number of nitrogens with one attached hydrogen (secondary N) is 1. The van der Waals surface area contributed by atoms with Crippen molar-refractivity contribution in [2.75, 3.05) is 5.32 Å². The van der Waals surface area contributed by atoms with Gasteiger partial charge in [0.15, 0.2) is 0 Å². The van der Waals surface area contributed by atoms with Gasteiger partial charge in [-0.3, -0.25) is 4.79 Å².